The zero-order valence-electron chi connectivity index (χ0n) is 72.3. The fraction of sp³-hybridized carbons (Fsp3) is 0.193. The second kappa shape index (κ2) is 42.4. The van der Waals surface area contributed by atoms with Crippen LogP contribution >= 0.6 is 58.0 Å². The van der Waals surface area contributed by atoms with Crippen molar-refractivity contribution in [2.45, 2.75) is 55.4 Å². The van der Waals surface area contributed by atoms with Gasteiger partial charge in [0, 0.05) is 118 Å². The van der Waals surface area contributed by atoms with Gasteiger partial charge in [-0.25, -0.2) is 29.4 Å². The van der Waals surface area contributed by atoms with Gasteiger partial charge in [0.05, 0.1) is 72.2 Å². The molecule has 132 heavy (non-hydrogen) atoms. The summed E-state index contributed by atoms with van der Waals surface area (Å²) in [6, 6.07) is 48.4. The minimum absolute atomic E-state index is 0.0247. The fourth-order valence-corrected chi connectivity index (χ4v) is 13.9. The number of esters is 1. The Kier molecular flexibility index (Phi) is 30.9. The molecule has 0 saturated carbocycles. The molecule has 5 aromatic heterocycles. The Labute approximate surface area is 777 Å². The number of aromatic nitrogens is 10. The van der Waals surface area contributed by atoms with E-state index in [0.717, 1.165) is 0 Å². The summed E-state index contributed by atoms with van der Waals surface area (Å²) in [6.07, 6.45) is 0. The maximum absolute atomic E-state index is 13.2. The molecular weight excluding hydrogens is 1820 g/mol. The molecule has 0 spiro atoms. The Morgan fingerprint density at radius 2 is 0.697 bits per heavy atom. The molecule has 684 valence electrons. The monoisotopic (exact) mass is 1900 g/mol. The highest BCUT2D eigenvalue weighted by molar-refractivity contribution is 6.62. The molecule has 0 aliphatic carbocycles. The van der Waals surface area contributed by atoms with Gasteiger partial charge in [-0.1, -0.05) is 70.7 Å². The summed E-state index contributed by atoms with van der Waals surface area (Å²) in [5.41, 5.74) is 15.6. The van der Waals surface area contributed by atoms with Gasteiger partial charge < -0.3 is 66.6 Å². The second-order valence-corrected chi connectivity index (χ2v) is 30.4. The first-order valence-corrected chi connectivity index (χ1v) is 41.3. The maximum Gasteiger partial charge on any atom is 0.358 e. The summed E-state index contributed by atoms with van der Waals surface area (Å²) in [5, 5.41) is 26.0. The number of nitrogens with one attached hydrogen (secondary N) is 3. The van der Waals surface area contributed by atoms with Crippen molar-refractivity contribution >= 4 is 133 Å². The zero-order chi connectivity index (χ0) is 95.2. The minimum atomic E-state index is -0.648. The predicted molar refractivity (Wildman–Crippen MR) is 486 cm³/mol. The summed E-state index contributed by atoms with van der Waals surface area (Å²) in [4.78, 5) is 116. The molecule has 0 radical (unpaired) electrons. The van der Waals surface area contributed by atoms with Crippen LogP contribution < -0.4 is 91.3 Å². The third-order valence-electron chi connectivity index (χ3n) is 19.6. The lowest BCUT2D eigenvalue weighted by molar-refractivity contribution is -0.119. The Bertz CT molecular complexity index is 6610. The minimum Gasteiger partial charge on any atom is -0.461 e. The number of fused-ring (bicyclic) bond motifs is 4. The Hall–Kier alpha value is -15.1. The van der Waals surface area contributed by atoms with Gasteiger partial charge >= 0.3 is 5.97 Å². The Balaban J connectivity index is 0.000000156. The molecule has 7 amide bonds. The van der Waals surface area contributed by atoms with Crippen molar-refractivity contribution < 1.29 is 90.2 Å². The van der Waals surface area contributed by atoms with Crippen LogP contribution in [-0.2, 0) is 14.3 Å². The third kappa shape index (κ3) is 21.4. The van der Waals surface area contributed by atoms with Crippen molar-refractivity contribution in [2.75, 3.05) is 81.6 Å². The number of benzene rings is 8. The van der Waals surface area contributed by atoms with Gasteiger partial charge in [-0.15, -0.1) is 10.2 Å². The van der Waals surface area contributed by atoms with E-state index >= 15 is 0 Å². The van der Waals surface area contributed by atoms with Crippen LogP contribution in [0.1, 0.15) is 122 Å². The number of nitrogens with two attached hydrogens (primary N) is 3. The number of halogens is 5. The molecular formula is C88H83Cl5N20O19. The molecule has 9 N–H and O–H groups in total. The number of aryl methyl sites for hydroxylation is 5. The standard InChI is InChI=1S/C22H20ClN5O5.C22H18ClN5O4.C22H20ClN3O5.C20H18ClN5O4.C2H3ClO.H4N2/c1-12-19(23)20(21(30)25-24-13(2)29)28(26-12)16-6-4-5-14(9-16)22(31)27(3)15-7-8-17-18(10-15)33-11-32-17;1-12-19(23)20(21-25-24-13(2)32-21)28(26-12)16-6-4-5-14(9-16)22(29)27(3)15-7-8-17-18(10-15)31-11-30-17;1-4-29-22(28)20-19(23)13(2)24-26(20)16-7-5-6-14(10-16)21(27)25(3)15-8-9-17-18(11-15)31-12-30-17;1-11-17(21)18(19(27)23-22)26(24-11)14-5-3-4-12(8-14)20(28)25(2)13-6-7-15-16(9-13)30-10-29-15;1-2(3)4;1-2/h4-10H,11H2,1-3H3,(H,24,29)(H,25,30);4-10H,11H2,1-3H3;5-11H,4,12H2,1-3H3;3-9H,10,22H2,1-2H3,(H,23,27);1H3;1-2H2. The Morgan fingerprint density at radius 1 is 0.402 bits per heavy atom. The van der Waals surface area contributed by atoms with E-state index < -0.39 is 23.7 Å². The first-order valence-electron chi connectivity index (χ1n) is 39.4. The number of ether oxygens (including phenoxy) is 9. The molecule has 13 aromatic rings. The van der Waals surface area contributed by atoms with Crippen molar-refractivity contribution in [3.8, 4) is 80.3 Å². The van der Waals surface area contributed by atoms with Gasteiger partial charge in [0.15, 0.2) is 63.1 Å². The van der Waals surface area contributed by atoms with E-state index in [-0.39, 0.29) is 101 Å². The maximum atomic E-state index is 13.2. The number of nitrogen functional groups attached to an aromatic ring is 1. The van der Waals surface area contributed by atoms with E-state index in [2.05, 4.69) is 70.2 Å². The predicted octanol–water partition coefficient (Wildman–Crippen LogP) is 12.9. The Morgan fingerprint density at radius 3 is 1.01 bits per heavy atom. The lowest BCUT2D eigenvalue weighted by Crippen LogP contribution is -2.41. The van der Waals surface area contributed by atoms with Gasteiger partial charge in [-0.3, -0.25) is 66.3 Å². The van der Waals surface area contributed by atoms with E-state index in [1.807, 2.05) is 12.1 Å². The van der Waals surface area contributed by atoms with Gasteiger partial charge in [-0.05, 0) is 168 Å². The van der Waals surface area contributed by atoms with Crippen LogP contribution in [0.2, 0.25) is 20.1 Å². The van der Waals surface area contributed by atoms with E-state index in [1.165, 1.54) is 42.6 Å². The number of hydrogen-bond acceptors (Lipinski definition) is 28. The largest absolute Gasteiger partial charge is 0.461 e. The third-order valence-corrected chi connectivity index (χ3v) is 21.4. The summed E-state index contributed by atoms with van der Waals surface area (Å²) >= 11 is 29.9. The molecule has 0 fully saturated rings. The number of amides is 7. The first-order chi connectivity index (χ1) is 63.2. The zero-order valence-corrected chi connectivity index (χ0v) is 76.1. The van der Waals surface area contributed by atoms with Crippen molar-refractivity contribution in [3.63, 3.8) is 0 Å². The fourth-order valence-electron chi connectivity index (χ4n) is 13.1. The highest BCUT2D eigenvalue weighted by Crippen LogP contribution is 2.41. The summed E-state index contributed by atoms with van der Waals surface area (Å²) in [5.74, 6) is 15.6. The van der Waals surface area contributed by atoms with Gasteiger partial charge in [0.2, 0.25) is 44.2 Å². The van der Waals surface area contributed by atoms with Gasteiger partial charge in [0.1, 0.15) is 5.69 Å². The average molecular weight is 1900 g/mol. The van der Waals surface area contributed by atoms with Crippen molar-refractivity contribution in [2.24, 2.45) is 17.5 Å². The number of hydrogen-bond donors (Lipinski definition) is 6. The van der Waals surface area contributed by atoms with Crippen LogP contribution in [0.25, 0.3) is 34.3 Å². The lowest BCUT2D eigenvalue weighted by atomic mass is 10.1. The smallest absolute Gasteiger partial charge is 0.358 e. The van der Waals surface area contributed by atoms with E-state index in [1.54, 1.807) is 237 Å². The normalized spacial score (nSPS) is 11.7. The van der Waals surface area contributed by atoms with E-state index in [0.29, 0.717) is 153 Å². The number of anilines is 4. The molecule has 17 rings (SSSR count). The molecule has 39 nitrogen and oxygen atoms in total. The molecule has 4 aliphatic rings. The molecule has 44 heteroatoms. The van der Waals surface area contributed by atoms with Crippen LogP contribution in [0, 0.1) is 34.6 Å². The SMILES string of the molecule is CC(=O)Cl.CC(=O)NNC(=O)c1c(Cl)c(C)nn1-c1cccc(C(=O)N(C)c2ccc3c(c2)OCO3)c1.CCOC(=O)c1c(Cl)c(C)nn1-c1cccc(C(=O)N(C)c2ccc3c(c2)OCO3)c1.Cc1nn(-c2cccc(C(=O)N(C)c3ccc4c(c3)OCO4)c2)c(C(=O)NN)c1Cl.Cc1nnc(-c2c(Cl)c(C)nn2-c2cccc(C(=O)N(C)c3ccc4c(c3)OCO4)c2)o1.NN. The van der Waals surface area contributed by atoms with Crippen molar-refractivity contribution in [3.05, 3.63) is 258 Å². The molecule has 4 aliphatic heterocycles. The van der Waals surface area contributed by atoms with Crippen LogP contribution in [-0.4, -0.2) is 164 Å². The summed E-state index contributed by atoms with van der Waals surface area (Å²) in [6.45, 7) is 13.6. The summed E-state index contributed by atoms with van der Waals surface area (Å²) < 4.78 is 59.2. The quantitative estimate of drug-likeness (QED) is 0.0162. The van der Waals surface area contributed by atoms with Crippen molar-refractivity contribution in [1.82, 2.24) is 65.6 Å². The molecule has 0 saturated heterocycles. The number of hydrazine groups is 3. The second-order valence-electron chi connectivity index (χ2n) is 28.4. The first kappa shape index (κ1) is 96.0. The van der Waals surface area contributed by atoms with Gasteiger partial charge in [0.25, 0.3) is 41.3 Å². The van der Waals surface area contributed by atoms with Gasteiger partial charge in [-0.2, -0.15) is 20.4 Å². The molecule has 0 atom stereocenters. The number of carbonyl (C=O) groups is 9. The van der Waals surface area contributed by atoms with E-state index in [4.69, 9.17) is 99.3 Å². The van der Waals surface area contributed by atoms with Crippen LogP contribution in [0.15, 0.2) is 174 Å². The average Bonchev–Trinajstić information content (AvgIpc) is 1.64. The lowest BCUT2D eigenvalue weighted by Gasteiger charge is -2.18. The number of nitrogens with zero attached hydrogens (tertiary/aromatic N) is 14. The topological polar surface area (TPSA) is 474 Å². The molecule has 8 aromatic carbocycles. The highest BCUT2D eigenvalue weighted by atomic mass is 35.5. The van der Waals surface area contributed by atoms with E-state index in [9.17, 15) is 43.2 Å². The van der Waals surface area contributed by atoms with Crippen LogP contribution in [0.5, 0.6) is 46.0 Å². The molecule has 9 heterocycles. The van der Waals surface area contributed by atoms with Crippen LogP contribution in [0.3, 0.4) is 0 Å². The van der Waals surface area contributed by atoms with Crippen LogP contribution in [0.4, 0.5) is 22.7 Å². The summed E-state index contributed by atoms with van der Waals surface area (Å²) in [7, 11) is 6.68. The van der Waals surface area contributed by atoms with Crippen molar-refractivity contribution in [1.29, 1.82) is 0 Å². The highest BCUT2D eigenvalue weighted by Gasteiger charge is 2.31. The number of carbonyl (C=O) groups excluding carboxylic acids is 9. The molecule has 0 unspecified atom stereocenters. The molecule has 0 bridgehead atoms. The number of rotatable bonds is 17.